The first kappa shape index (κ1) is 15.9. The highest BCUT2D eigenvalue weighted by Gasteiger charge is 2.22. The van der Waals surface area contributed by atoms with Crippen molar-refractivity contribution in [1.29, 1.82) is 0 Å². The molecular weight excluding hydrogens is 282 g/mol. The van der Waals surface area contributed by atoms with E-state index in [0.29, 0.717) is 10.8 Å². The van der Waals surface area contributed by atoms with E-state index in [2.05, 4.69) is 23.4 Å². The molecule has 0 bridgehead atoms. The molecule has 1 aliphatic rings. The predicted molar refractivity (Wildman–Crippen MR) is 87.4 cm³/mol. The molecule has 3 nitrogen and oxygen atoms in total. The van der Waals surface area contributed by atoms with Crippen LogP contribution >= 0.6 is 11.8 Å². The van der Waals surface area contributed by atoms with E-state index in [1.165, 1.54) is 12.8 Å². The lowest BCUT2D eigenvalue weighted by Gasteiger charge is -2.28. The maximum Gasteiger partial charge on any atom is 0.251 e. The minimum absolute atomic E-state index is 0.0330. The third-order valence-electron chi connectivity index (χ3n) is 3.73. The maximum atomic E-state index is 12.3. The molecule has 0 spiro atoms. The Morgan fingerprint density at radius 1 is 1.48 bits per heavy atom. The van der Waals surface area contributed by atoms with Crippen LogP contribution in [0.4, 0.5) is 0 Å². The molecule has 1 aromatic rings. The van der Waals surface area contributed by atoms with Crippen molar-refractivity contribution in [2.75, 3.05) is 12.9 Å². The Hall–Kier alpha value is -1.44. The fraction of sp³-hybridized carbons (Fsp3) is 0.471. The van der Waals surface area contributed by atoms with Gasteiger partial charge in [-0.25, -0.2) is 0 Å². The van der Waals surface area contributed by atoms with Gasteiger partial charge in [0.15, 0.2) is 0 Å². The summed E-state index contributed by atoms with van der Waals surface area (Å²) in [5, 5.41) is 12.5. The molecule has 0 heterocycles. The Labute approximate surface area is 130 Å². The van der Waals surface area contributed by atoms with E-state index in [1.54, 1.807) is 12.1 Å². The molecule has 1 saturated carbocycles. The number of amides is 1. The number of rotatable bonds is 3. The molecule has 2 unspecified atom stereocenters. The highest BCUT2D eigenvalue weighted by atomic mass is 32.2. The minimum atomic E-state index is -0.172. The fourth-order valence-corrected chi connectivity index (χ4v) is 3.47. The van der Waals surface area contributed by atoms with Crippen LogP contribution in [-0.2, 0) is 0 Å². The summed E-state index contributed by atoms with van der Waals surface area (Å²) in [4.78, 5) is 12.3. The maximum absolute atomic E-state index is 12.3. The number of benzene rings is 1. The second kappa shape index (κ2) is 8.11. The van der Waals surface area contributed by atoms with Crippen molar-refractivity contribution in [3.05, 3.63) is 35.4 Å². The van der Waals surface area contributed by atoms with Gasteiger partial charge < -0.3 is 10.4 Å². The monoisotopic (exact) mass is 303 g/mol. The Morgan fingerprint density at radius 2 is 2.33 bits per heavy atom. The first-order chi connectivity index (χ1) is 10.2. The van der Waals surface area contributed by atoms with E-state index < -0.39 is 0 Å². The molecule has 2 atom stereocenters. The molecule has 0 saturated heterocycles. The number of hydrogen-bond donors (Lipinski definition) is 2. The molecule has 1 aromatic carbocycles. The van der Waals surface area contributed by atoms with Crippen LogP contribution in [0, 0.1) is 11.8 Å². The lowest BCUT2D eigenvalue weighted by atomic mass is 9.94. The molecule has 0 radical (unpaired) electrons. The van der Waals surface area contributed by atoms with Crippen LogP contribution in [0.15, 0.2) is 24.3 Å². The van der Waals surface area contributed by atoms with Gasteiger partial charge in [-0.2, -0.15) is 11.8 Å². The van der Waals surface area contributed by atoms with Crippen LogP contribution in [0.3, 0.4) is 0 Å². The molecule has 112 valence electrons. The molecule has 1 aliphatic carbocycles. The lowest BCUT2D eigenvalue weighted by Crippen LogP contribution is -2.39. The van der Waals surface area contributed by atoms with Crippen molar-refractivity contribution in [1.82, 2.24) is 5.32 Å². The van der Waals surface area contributed by atoms with Crippen molar-refractivity contribution in [2.24, 2.45) is 0 Å². The number of carbonyl (C=O) groups is 1. The molecular formula is C17H21NO2S. The summed E-state index contributed by atoms with van der Waals surface area (Å²) in [5.41, 5.74) is 1.38. The number of hydrogen-bond acceptors (Lipinski definition) is 3. The third-order valence-corrected chi connectivity index (χ3v) is 4.83. The standard InChI is InChI=1S/C17H21NO2S/c1-21-16-9-3-8-15(12-16)18-17(20)14-7-2-5-13(11-14)6-4-10-19/h2,5,7,11,15-16,19H,3,8-10,12H2,1H3,(H,18,20). The predicted octanol–water partition coefficient (Wildman–Crippen LogP) is 2.43. The number of aliphatic hydroxyl groups excluding tert-OH is 1. The molecule has 21 heavy (non-hydrogen) atoms. The zero-order chi connectivity index (χ0) is 15.1. The second-order valence-corrected chi connectivity index (χ2v) is 6.37. The van der Waals surface area contributed by atoms with E-state index in [4.69, 9.17) is 5.11 Å². The van der Waals surface area contributed by atoms with Crippen molar-refractivity contribution in [2.45, 2.75) is 37.0 Å². The number of carbonyl (C=O) groups excluding carboxylic acids is 1. The normalized spacial score (nSPS) is 21.2. The highest BCUT2D eigenvalue weighted by Crippen LogP contribution is 2.27. The largest absolute Gasteiger partial charge is 0.384 e. The molecule has 2 N–H and O–H groups in total. The quantitative estimate of drug-likeness (QED) is 0.843. The third kappa shape index (κ3) is 4.80. The van der Waals surface area contributed by atoms with Gasteiger partial charge in [-0.1, -0.05) is 24.3 Å². The first-order valence-electron chi connectivity index (χ1n) is 7.26. The van der Waals surface area contributed by atoms with E-state index in [-0.39, 0.29) is 18.6 Å². The van der Waals surface area contributed by atoms with E-state index in [0.717, 1.165) is 18.4 Å². The lowest BCUT2D eigenvalue weighted by molar-refractivity contribution is 0.0928. The summed E-state index contributed by atoms with van der Waals surface area (Å²) in [5.74, 6) is 5.39. The zero-order valence-corrected chi connectivity index (χ0v) is 13.1. The molecule has 1 amide bonds. The Kier molecular flexibility index (Phi) is 6.16. The summed E-state index contributed by atoms with van der Waals surface area (Å²) in [7, 11) is 0. The van der Waals surface area contributed by atoms with Crippen molar-refractivity contribution in [3.63, 3.8) is 0 Å². The van der Waals surface area contributed by atoms with Crippen LogP contribution in [0.1, 0.15) is 41.6 Å². The summed E-state index contributed by atoms with van der Waals surface area (Å²) >= 11 is 1.89. The van der Waals surface area contributed by atoms with Crippen molar-refractivity contribution >= 4 is 17.7 Å². The van der Waals surface area contributed by atoms with Gasteiger partial charge in [0.2, 0.25) is 0 Å². The Bertz CT molecular complexity index is 547. The number of nitrogens with one attached hydrogen (secondary N) is 1. The molecule has 2 rings (SSSR count). The number of aliphatic hydroxyl groups is 1. The van der Waals surface area contributed by atoms with Gasteiger partial charge in [0.05, 0.1) is 0 Å². The SMILES string of the molecule is CSC1CCCC(NC(=O)c2cccc(C#CCO)c2)C1. The zero-order valence-electron chi connectivity index (χ0n) is 12.3. The van der Waals surface area contributed by atoms with Gasteiger partial charge in [-0.05, 0) is 43.7 Å². The summed E-state index contributed by atoms with van der Waals surface area (Å²) < 4.78 is 0. The second-order valence-electron chi connectivity index (χ2n) is 5.24. The topological polar surface area (TPSA) is 49.3 Å². The summed E-state index contributed by atoms with van der Waals surface area (Å²) in [6, 6.07) is 7.50. The average molecular weight is 303 g/mol. The van der Waals surface area contributed by atoms with E-state index >= 15 is 0 Å². The average Bonchev–Trinajstić information content (AvgIpc) is 2.53. The van der Waals surface area contributed by atoms with Crippen LogP contribution < -0.4 is 5.32 Å². The molecule has 0 aliphatic heterocycles. The number of thioether (sulfide) groups is 1. The van der Waals surface area contributed by atoms with Crippen LogP contribution in [0.2, 0.25) is 0 Å². The Morgan fingerprint density at radius 3 is 3.10 bits per heavy atom. The minimum Gasteiger partial charge on any atom is -0.384 e. The Balaban J connectivity index is 1.99. The van der Waals surface area contributed by atoms with Crippen molar-refractivity contribution < 1.29 is 9.90 Å². The van der Waals surface area contributed by atoms with Crippen molar-refractivity contribution in [3.8, 4) is 11.8 Å². The van der Waals surface area contributed by atoms with Gasteiger partial charge in [0, 0.05) is 22.4 Å². The fourth-order valence-electron chi connectivity index (χ4n) is 2.64. The van der Waals surface area contributed by atoms with Gasteiger partial charge in [0.25, 0.3) is 5.91 Å². The summed E-state index contributed by atoms with van der Waals surface area (Å²) in [6.07, 6.45) is 6.68. The van der Waals surface area contributed by atoms with Gasteiger partial charge in [-0.15, -0.1) is 0 Å². The van der Waals surface area contributed by atoms with Crippen LogP contribution in [0.25, 0.3) is 0 Å². The van der Waals surface area contributed by atoms with Crippen LogP contribution in [-0.4, -0.2) is 35.2 Å². The smallest absolute Gasteiger partial charge is 0.251 e. The van der Waals surface area contributed by atoms with Gasteiger partial charge >= 0.3 is 0 Å². The van der Waals surface area contributed by atoms with E-state index in [9.17, 15) is 4.79 Å². The van der Waals surface area contributed by atoms with E-state index in [1.807, 2.05) is 23.9 Å². The van der Waals surface area contributed by atoms with Crippen LogP contribution in [0.5, 0.6) is 0 Å². The first-order valence-corrected chi connectivity index (χ1v) is 8.55. The summed E-state index contributed by atoms with van der Waals surface area (Å²) in [6.45, 7) is -0.172. The molecule has 1 fully saturated rings. The molecule has 4 heteroatoms. The molecule has 0 aromatic heterocycles. The van der Waals surface area contributed by atoms with Gasteiger partial charge in [-0.3, -0.25) is 4.79 Å². The van der Waals surface area contributed by atoms with Gasteiger partial charge in [0.1, 0.15) is 6.61 Å². The highest BCUT2D eigenvalue weighted by molar-refractivity contribution is 7.99.